The van der Waals surface area contributed by atoms with Gasteiger partial charge in [-0.3, -0.25) is 0 Å². The van der Waals surface area contributed by atoms with Crippen LogP contribution in [0.2, 0.25) is 0 Å². The number of carboxylic acid groups (broad SMARTS) is 1. The van der Waals surface area contributed by atoms with Crippen molar-refractivity contribution >= 4 is 22.9 Å². The summed E-state index contributed by atoms with van der Waals surface area (Å²) in [6, 6.07) is 8.00. The van der Waals surface area contributed by atoms with Crippen molar-refractivity contribution in [1.29, 1.82) is 0 Å². The first-order valence-corrected chi connectivity index (χ1v) is 6.64. The second kappa shape index (κ2) is 5.03. The molecule has 0 aliphatic rings. The third-order valence-electron chi connectivity index (χ3n) is 2.07. The summed E-state index contributed by atoms with van der Waals surface area (Å²) in [6.45, 7) is 1.60. The van der Waals surface area contributed by atoms with Gasteiger partial charge in [-0.1, -0.05) is 0 Å². The molecule has 0 radical (unpaired) electrons. The highest BCUT2D eigenvalue weighted by Crippen LogP contribution is 2.13. The largest absolute Gasteiger partial charge is 0.478 e. The van der Waals surface area contributed by atoms with Gasteiger partial charge in [0, 0.05) is 16.5 Å². The molecule has 0 heterocycles. The first kappa shape index (κ1) is 11.9. The summed E-state index contributed by atoms with van der Waals surface area (Å²) in [6.07, 6.45) is 6.00. The minimum atomic E-state index is -0.871. The number of rotatable bonds is 3. The molecule has 0 aliphatic heterocycles. The third kappa shape index (κ3) is 3.44. The van der Waals surface area contributed by atoms with E-state index in [-0.39, 0.29) is 10.9 Å². The quantitative estimate of drug-likeness (QED) is 0.631. The monoisotopic (exact) mass is 223 g/mol. The number of carbonyl (C=O) groups is 1. The van der Waals surface area contributed by atoms with Crippen LogP contribution in [0.3, 0.4) is 0 Å². The van der Waals surface area contributed by atoms with E-state index in [1.807, 2.05) is 24.3 Å². The Bertz CT molecular complexity index is 377. The maximum atomic E-state index is 10.6. The van der Waals surface area contributed by atoms with Gasteiger partial charge in [0.05, 0.1) is 0 Å². The zero-order valence-electron chi connectivity index (χ0n) is 9.15. The Morgan fingerprint density at radius 2 is 1.80 bits per heavy atom. The van der Waals surface area contributed by atoms with Crippen molar-refractivity contribution in [3.63, 3.8) is 0 Å². The second-order valence-corrected chi connectivity index (χ2v) is 5.62. The van der Waals surface area contributed by atoms with Crippen molar-refractivity contribution in [2.75, 3.05) is 12.5 Å². The van der Waals surface area contributed by atoms with Gasteiger partial charge in [0.15, 0.2) is 4.90 Å². The van der Waals surface area contributed by atoms with Crippen LogP contribution in [0, 0.1) is 0 Å². The highest BCUT2D eigenvalue weighted by Gasteiger charge is 2.06. The molecule has 0 spiro atoms. The van der Waals surface area contributed by atoms with E-state index in [2.05, 4.69) is 12.5 Å². The number of carboxylic acids is 1. The lowest BCUT2D eigenvalue weighted by atomic mass is 10.1. The van der Waals surface area contributed by atoms with Gasteiger partial charge in [-0.2, -0.15) is 0 Å². The van der Waals surface area contributed by atoms with Crippen molar-refractivity contribution in [3.05, 3.63) is 35.4 Å². The molecule has 1 aromatic carbocycles. The van der Waals surface area contributed by atoms with Gasteiger partial charge >= 0.3 is 5.97 Å². The van der Waals surface area contributed by atoms with Crippen LogP contribution in [0.15, 0.2) is 34.7 Å². The van der Waals surface area contributed by atoms with Gasteiger partial charge < -0.3 is 5.11 Å². The lowest BCUT2D eigenvalue weighted by molar-refractivity contribution is -0.132. The Morgan fingerprint density at radius 1 is 1.27 bits per heavy atom. The summed E-state index contributed by atoms with van der Waals surface area (Å²) in [5.74, 6) is -0.871. The maximum Gasteiger partial charge on any atom is 0.331 e. The SMILES string of the molecule is CC(=Cc1ccc([S+](C)C)cc1)C(=O)O. The summed E-state index contributed by atoms with van der Waals surface area (Å²) in [7, 11) is 0.254. The van der Waals surface area contributed by atoms with Gasteiger partial charge in [0.25, 0.3) is 0 Å². The smallest absolute Gasteiger partial charge is 0.331 e. The van der Waals surface area contributed by atoms with Crippen molar-refractivity contribution in [2.45, 2.75) is 11.8 Å². The Hall–Kier alpha value is -1.22. The van der Waals surface area contributed by atoms with Crippen LogP contribution >= 0.6 is 0 Å². The summed E-state index contributed by atoms with van der Waals surface area (Å²) >= 11 is 0. The predicted octanol–water partition coefficient (Wildman–Crippen LogP) is 2.41. The van der Waals surface area contributed by atoms with Crippen LogP contribution in [0.4, 0.5) is 0 Å². The van der Waals surface area contributed by atoms with Crippen molar-refractivity contribution in [2.24, 2.45) is 0 Å². The van der Waals surface area contributed by atoms with Gasteiger partial charge in [-0.15, -0.1) is 0 Å². The topological polar surface area (TPSA) is 37.3 Å². The van der Waals surface area contributed by atoms with Crippen molar-refractivity contribution in [1.82, 2.24) is 0 Å². The first-order valence-electron chi connectivity index (χ1n) is 4.60. The minimum Gasteiger partial charge on any atom is -0.478 e. The molecule has 0 aliphatic carbocycles. The molecule has 1 aromatic rings. The van der Waals surface area contributed by atoms with E-state index >= 15 is 0 Å². The maximum absolute atomic E-state index is 10.6. The van der Waals surface area contributed by atoms with E-state index in [0.29, 0.717) is 5.57 Å². The summed E-state index contributed by atoms with van der Waals surface area (Å²) in [5.41, 5.74) is 1.29. The Kier molecular flexibility index (Phi) is 3.97. The van der Waals surface area contributed by atoms with Crippen LogP contribution in [0.1, 0.15) is 12.5 Å². The molecule has 0 amide bonds. The van der Waals surface area contributed by atoms with Crippen LogP contribution in [-0.4, -0.2) is 23.6 Å². The summed E-state index contributed by atoms with van der Waals surface area (Å²) < 4.78 is 0. The third-order valence-corrected chi connectivity index (χ3v) is 3.29. The molecule has 2 nitrogen and oxygen atoms in total. The normalized spacial score (nSPS) is 11.9. The summed E-state index contributed by atoms with van der Waals surface area (Å²) in [5, 5.41) is 8.72. The van der Waals surface area contributed by atoms with Gasteiger partial charge in [0.1, 0.15) is 12.5 Å². The highest BCUT2D eigenvalue weighted by atomic mass is 32.2. The molecule has 0 saturated carbocycles. The molecule has 80 valence electrons. The van der Waals surface area contributed by atoms with Gasteiger partial charge in [0.2, 0.25) is 0 Å². The van der Waals surface area contributed by atoms with E-state index in [1.54, 1.807) is 13.0 Å². The molecule has 0 atom stereocenters. The molecule has 0 saturated heterocycles. The van der Waals surface area contributed by atoms with E-state index in [9.17, 15) is 4.79 Å². The zero-order valence-corrected chi connectivity index (χ0v) is 9.97. The van der Waals surface area contributed by atoms with Crippen molar-refractivity contribution in [3.8, 4) is 0 Å². The fourth-order valence-electron chi connectivity index (χ4n) is 1.15. The van der Waals surface area contributed by atoms with Crippen LogP contribution in [-0.2, 0) is 15.7 Å². The van der Waals surface area contributed by atoms with E-state index < -0.39 is 5.97 Å². The number of hydrogen-bond acceptors (Lipinski definition) is 1. The van der Waals surface area contributed by atoms with Crippen LogP contribution in [0.5, 0.6) is 0 Å². The van der Waals surface area contributed by atoms with E-state index in [1.165, 1.54) is 4.90 Å². The molecule has 0 bridgehead atoms. The average Bonchev–Trinajstić information content (AvgIpc) is 2.18. The first-order chi connectivity index (χ1) is 7.00. The predicted molar refractivity (Wildman–Crippen MR) is 65.2 cm³/mol. The molecule has 0 unspecified atom stereocenters. The van der Waals surface area contributed by atoms with Crippen LogP contribution in [0.25, 0.3) is 6.08 Å². The Balaban J connectivity index is 2.90. The molecule has 3 heteroatoms. The van der Waals surface area contributed by atoms with Crippen molar-refractivity contribution < 1.29 is 9.90 Å². The van der Waals surface area contributed by atoms with Gasteiger partial charge in [-0.25, -0.2) is 4.79 Å². The number of benzene rings is 1. The Labute approximate surface area is 93.0 Å². The lowest BCUT2D eigenvalue weighted by Crippen LogP contribution is -1.96. The fourth-order valence-corrected chi connectivity index (χ4v) is 1.83. The molecule has 1 rings (SSSR count). The molecular weight excluding hydrogens is 208 g/mol. The zero-order chi connectivity index (χ0) is 11.4. The minimum absolute atomic E-state index is 0.254. The van der Waals surface area contributed by atoms with E-state index in [0.717, 1.165) is 5.56 Å². The Morgan fingerprint density at radius 3 is 2.20 bits per heavy atom. The number of aliphatic carboxylic acids is 1. The highest BCUT2D eigenvalue weighted by molar-refractivity contribution is 7.95. The van der Waals surface area contributed by atoms with Crippen LogP contribution < -0.4 is 0 Å². The molecule has 1 N–H and O–H groups in total. The lowest BCUT2D eigenvalue weighted by Gasteiger charge is -1.98. The number of hydrogen-bond donors (Lipinski definition) is 1. The second-order valence-electron chi connectivity index (χ2n) is 3.52. The molecular formula is C12H15O2S+. The van der Waals surface area contributed by atoms with Gasteiger partial charge in [-0.05, 0) is 42.8 Å². The molecule has 0 fully saturated rings. The molecule has 0 aromatic heterocycles. The molecule has 15 heavy (non-hydrogen) atoms. The van der Waals surface area contributed by atoms with E-state index in [4.69, 9.17) is 5.11 Å². The fraction of sp³-hybridized carbons (Fsp3) is 0.250. The standard InChI is InChI=1S/C12H14O2S/c1-9(12(13)14)8-10-4-6-11(7-5-10)15(2)3/h4-8H,1-3H3/p+1. The average molecular weight is 223 g/mol. The summed E-state index contributed by atoms with van der Waals surface area (Å²) in [4.78, 5) is 11.9.